The Hall–Kier alpha value is -0.200. The highest BCUT2D eigenvalue weighted by molar-refractivity contribution is 4.87. The normalized spacial score (nSPS) is 24.6. The third-order valence-electron chi connectivity index (χ3n) is 4.37. The summed E-state index contributed by atoms with van der Waals surface area (Å²) in [5.74, 6) is 0. The summed E-state index contributed by atoms with van der Waals surface area (Å²) < 4.78 is 5.24. The lowest BCUT2D eigenvalue weighted by atomic mass is 9.86. The van der Waals surface area contributed by atoms with Gasteiger partial charge in [0.2, 0.25) is 0 Å². The second-order valence-corrected chi connectivity index (χ2v) is 6.39. The fourth-order valence-electron chi connectivity index (χ4n) is 2.91. The maximum absolute atomic E-state index is 9.42. The fourth-order valence-corrected chi connectivity index (χ4v) is 2.91. The zero-order valence-electron chi connectivity index (χ0n) is 12.5. The van der Waals surface area contributed by atoms with E-state index in [1.807, 2.05) is 0 Å². The molecule has 0 saturated carbocycles. The number of aliphatic hydroxyl groups is 1. The summed E-state index contributed by atoms with van der Waals surface area (Å²) in [5, 5.41) is 9.42. The van der Waals surface area contributed by atoms with Gasteiger partial charge in [0.05, 0.1) is 25.2 Å². The van der Waals surface area contributed by atoms with Gasteiger partial charge in [-0.3, -0.25) is 0 Å². The molecule has 0 aromatic heterocycles. The van der Waals surface area contributed by atoms with Gasteiger partial charge in [-0.15, -0.1) is 0 Å². The third-order valence-corrected chi connectivity index (χ3v) is 4.37. The molecule has 2 aliphatic rings. The van der Waals surface area contributed by atoms with Crippen LogP contribution in [0.2, 0.25) is 0 Å². The van der Waals surface area contributed by atoms with Crippen LogP contribution in [0.4, 0.5) is 0 Å². The molecule has 0 spiro atoms. The Kier molecular flexibility index (Phi) is 5.59. The van der Waals surface area contributed by atoms with Crippen LogP contribution in [0.3, 0.4) is 0 Å². The van der Waals surface area contributed by atoms with Gasteiger partial charge in [0, 0.05) is 32.7 Å². The molecule has 2 heterocycles. The van der Waals surface area contributed by atoms with Crippen molar-refractivity contribution >= 4 is 0 Å². The van der Waals surface area contributed by atoms with E-state index in [1.165, 1.54) is 39.1 Å². The zero-order valence-corrected chi connectivity index (χ0v) is 12.5. The average molecular weight is 271 g/mol. The minimum atomic E-state index is 0.0165. The van der Waals surface area contributed by atoms with Crippen molar-refractivity contribution < 1.29 is 9.84 Å². The number of aliphatic hydroxyl groups excluding tert-OH is 1. The fraction of sp³-hybridized carbons (Fsp3) is 1.00. The summed E-state index contributed by atoms with van der Waals surface area (Å²) in [6.45, 7) is 9.72. The van der Waals surface area contributed by atoms with Gasteiger partial charge < -0.3 is 24.5 Å². The SMILES string of the molecule is CN1CCN(CCCN(C)CC2(CO)COC2)CC1. The van der Waals surface area contributed by atoms with Crippen LogP contribution in [-0.2, 0) is 4.74 Å². The molecule has 0 amide bonds. The Morgan fingerprint density at radius 2 is 1.89 bits per heavy atom. The van der Waals surface area contributed by atoms with Gasteiger partial charge in [-0.1, -0.05) is 0 Å². The molecule has 2 fully saturated rings. The highest BCUT2D eigenvalue weighted by atomic mass is 16.5. The van der Waals surface area contributed by atoms with E-state index in [4.69, 9.17) is 4.74 Å². The Morgan fingerprint density at radius 1 is 1.21 bits per heavy atom. The molecule has 0 aliphatic carbocycles. The van der Waals surface area contributed by atoms with E-state index in [2.05, 4.69) is 28.8 Å². The first kappa shape index (κ1) is 15.2. The molecule has 5 heteroatoms. The lowest BCUT2D eigenvalue weighted by Crippen LogP contribution is -2.52. The number of nitrogens with zero attached hydrogens (tertiary/aromatic N) is 3. The van der Waals surface area contributed by atoms with E-state index in [9.17, 15) is 5.11 Å². The summed E-state index contributed by atoms with van der Waals surface area (Å²) in [5.41, 5.74) is 0.0165. The van der Waals surface area contributed by atoms with Crippen molar-refractivity contribution in [2.45, 2.75) is 6.42 Å². The van der Waals surface area contributed by atoms with E-state index in [1.54, 1.807) is 0 Å². The summed E-state index contributed by atoms with van der Waals surface area (Å²) in [7, 11) is 4.35. The Balaban J connectivity index is 1.57. The average Bonchev–Trinajstić information content (AvgIpc) is 2.36. The summed E-state index contributed by atoms with van der Waals surface area (Å²) in [4.78, 5) is 7.29. The molecule has 2 rings (SSSR count). The second kappa shape index (κ2) is 6.99. The molecule has 2 saturated heterocycles. The summed E-state index contributed by atoms with van der Waals surface area (Å²) >= 11 is 0. The number of likely N-dealkylation sites (N-methyl/N-ethyl adjacent to an activating group) is 1. The topological polar surface area (TPSA) is 39.2 Å². The van der Waals surface area contributed by atoms with Gasteiger partial charge in [-0.2, -0.15) is 0 Å². The molecule has 5 nitrogen and oxygen atoms in total. The van der Waals surface area contributed by atoms with Crippen LogP contribution in [0.1, 0.15) is 6.42 Å². The van der Waals surface area contributed by atoms with E-state index in [0.717, 1.165) is 13.1 Å². The molecular formula is C14H29N3O2. The van der Waals surface area contributed by atoms with E-state index in [-0.39, 0.29) is 12.0 Å². The first-order valence-electron chi connectivity index (χ1n) is 7.42. The number of hydrogen-bond donors (Lipinski definition) is 1. The van der Waals surface area contributed by atoms with Gasteiger partial charge in [0.25, 0.3) is 0 Å². The molecule has 0 bridgehead atoms. The molecule has 0 aromatic carbocycles. The first-order chi connectivity index (χ1) is 9.13. The molecule has 0 radical (unpaired) electrons. The van der Waals surface area contributed by atoms with E-state index >= 15 is 0 Å². The number of ether oxygens (including phenoxy) is 1. The van der Waals surface area contributed by atoms with Crippen molar-refractivity contribution in [2.75, 3.05) is 79.7 Å². The van der Waals surface area contributed by atoms with Crippen molar-refractivity contribution in [3.8, 4) is 0 Å². The molecule has 0 aromatic rings. The summed E-state index contributed by atoms with van der Waals surface area (Å²) in [6, 6.07) is 0. The predicted octanol–water partition coefficient (Wildman–Crippen LogP) is -0.435. The summed E-state index contributed by atoms with van der Waals surface area (Å²) in [6.07, 6.45) is 1.21. The number of piperazine rings is 1. The monoisotopic (exact) mass is 271 g/mol. The first-order valence-corrected chi connectivity index (χ1v) is 7.42. The van der Waals surface area contributed by atoms with Gasteiger partial charge in [-0.25, -0.2) is 0 Å². The van der Waals surface area contributed by atoms with Crippen LogP contribution in [0.5, 0.6) is 0 Å². The van der Waals surface area contributed by atoms with Crippen LogP contribution in [0, 0.1) is 5.41 Å². The largest absolute Gasteiger partial charge is 0.396 e. The van der Waals surface area contributed by atoms with Gasteiger partial charge in [0.15, 0.2) is 0 Å². The third kappa shape index (κ3) is 4.39. The minimum Gasteiger partial charge on any atom is -0.396 e. The Bertz CT molecular complexity index is 258. The molecule has 19 heavy (non-hydrogen) atoms. The van der Waals surface area contributed by atoms with Crippen molar-refractivity contribution in [1.82, 2.24) is 14.7 Å². The molecule has 2 aliphatic heterocycles. The van der Waals surface area contributed by atoms with Crippen LogP contribution < -0.4 is 0 Å². The van der Waals surface area contributed by atoms with Crippen molar-refractivity contribution in [3.05, 3.63) is 0 Å². The number of rotatable bonds is 7. The van der Waals surface area contributed by atoms with Crippen LogP contribution in [0.25, 0.3) is 0 Å². The van der Waals surface area contributed by atoms with E-state index in [0.29, 0.717) is 13.2 Å². The van der Waals surface area contributed by atoms with E-state index < -0.39 is 0 Å². The predicted molar refractivity (Wildman–Crippen MR) is 76.4 cm³/mol. The van der Waals surface area contributed by atoms with Crippen molar-refractivity contribution in [2.24, 2.45) is 5.41 Å². The minimum absolute atomic E-state index is 0.0165. The van der Waals surface area contributed by atoms with Gasteiger partial charge >= 0.3 is 0 Å². The lowest BCUT2D eigenvalue weighted by Gasteiger charge is -2.42. The van der Waals surface area contributed by atoms with Crippen molar-refractivity contribution in [3.63, 3.8) is 0 Å². The highest BCUT2D eigenvalue weighted by Gasteiger charge is 2.38. The van der Waals surface area contributed by atoms with Gasteiger partial charge in [0.1, 0.15) is 0 Å². The van der Waals surface area contributed by atoms with Crippen LogP contribution in [0.15, 0.2) is 0 Å². The second-order valence-electron chi connectivity index (χ2n) is 6.39. The highest BCUT2D eigenvalue weighted by Crippen LogP contribution is 2.27. The zero-order chi connectivity index (χ0) is 13.7. The molecule has 0 atom stereocenters. The molecular weight excluding hydrogens is 242 g/mol. The smallest absolute Gasteiger partial charge is 0.0579 e. The van der Waals surface area contributed by atoms with Crippen LogP contribution in [-0.4, -0.2) is 99.5 Å². The lowest BCUT2D eigenvalue weighted by molar-refractivity contribution is -0.146. The van der Waals surface area contributed by atoms with Crippen molar-refractivity contribution in [1.29, 1.82) is 0 Å². The Labute approximate surface area is 117 Å². The maximum atomic E-state index is 9.42. The Morgan fingerprint density at radius 3 is 2.42 bits per heavy atom. The molecule has 0 unspecified atom stereocenters. The molecule has 1 N–H and O–H groups in total. The quantitative estimate of drug-likeness (QED) is 0.680. The molecule has 112 valence electrons. The maximum Gasteiger partial charge on any atom is 0.0579 e. The standard InChI is InChI=1S/C14H29N3O2/c1-15-6-8-17(9-7-15)5-3-4-16(2)10-14(11-18)12-19-13-14/h18H,3-13H2,1-2H3. The van der Waals surface area contributed by atoms with Crippen LogP contribution >= 0.6 is 0 Å². The number of hydrogen-bond acceptors (Lipinski definition) is 5. The van der Waals surface area contributed by atoms with Gasteiger partial charge in [-0.05, 0) is 33.6 Å².